The van der Waals surface area contributed by atoms with Crippen LogP contribution < -0.4 is 0 Å². The van der Waals surface area contributed by atoms with Gasteiger partial charge in [-0.1, -0.05) is 54.6 Å². The van der Waals surface area contributed by atoms with Crippen molar-refractivity contribution in [2.75, 3.05) is 13.2 Å². The maximum absolute atomic E-state index is 13.3. The van der Waals surface area contributed by atoms with E-state index in [0.29, 0.717) is 5.56 Å². The molecule has 3 saturated heterocycles. The van der Waals surface area contributed by atoms with E-state index >= 15 is 0 Å². The van der Waals surface area contributed by atoms with Crippen LogP contribution in [0.1, 0.15) is 44.9 Å². The van der Waals surface area contributed by atoms with Crippen molar-refractivity contribution in [3.8, 4) is 0 Å². The van der Waals surface area contributed by atoms with Gasteiger partial charge in [-0.25, -0.2) is 14.4 Å². The Morgan fingerprint density at radius 1 is 0.674 bits per heavy atom. The van der Waals surface area contributed by atoms with Gasteiger partial charge in [-0.15, -0.1) is 0 Å². The molecular formula is C34H34O12. The molecule has 3 fully saturated rings. The van der Waals surface area contributed by atoms with E-state index in [-0.39, 0.29) is 24.3 Å². The van der Waals surface area contributed by atoms with Crippen molar-refractivity contribution in [1.29, 1.82) is 0 Å². The van der Waals surface area contributed by atoms with Gasteiger partial charge in [0.1, 0.15) is 31.0 Å². The second-order valence-electron chi connectivity index (χ2n) is 11.4. The molecule has 12 heteroatoms. The van der Waals surface area contributed by atoms with Gasteiger partial charge in [-0.2, -0.15) is 0 Å². The highest BCUT2D eigenvalue weighted by molar-refractivity contribution is 5.91. The Hall–Kier alpha value is -4.17. The Morgan fingerprint density at radius 3 is 1.74 bits per heavy atom. The summed E-state index contributed by atoms with van der Waals surface area (Å²) in [5.41, 5.74) is 0.799. The minimum Gasteiger partial charge on any atom is -0.459 e. The van der Waals surface area contributed by atoms with E-state index in [4.69, 9.17) is 37.9 Å². The Bertz CT molecular complexity index is 1500. The number of aliphatic hydroxyl groups excluding tert-OH is 1. The minimum absolute atomic E-state index is 0.221. The number of fused-ring (bicyclic) bond motifs is 1. The van der Waals surface area contributed by atoms with Crippen molar-refractivity contribution >= 4 is 17.9 Å². The van der Waals surface area contributed by atoms with Gasteiger partial charge in [0.25, 0.3) is 0 Å². The van der Waals surface area contributed by atoms with Crippen molar-refractivity contribution in [3.05, 3.63) is 108 Å². The van der Waals surface area contributed by atoms with Crippen LogP contribution in [-0.4, -0.2) is 91.2 Å². The number of hydrogen-bond donors (Lipinski definition) is 1. The average molecular weight is 635 g/mol. The van der Waals surface area contributed by atoms with Crippen LogP contribution in [0.5, 0.6) is 0 Å². The van der Waals surface area contributed by atoms with Crippen molar-refractivity contribution in [3.63, 3.8) is 0 Å². The molecule has 1 N–H and O–H groups in total. The lowest BCUT2D eigenvalue weighted by Crippen LogP contribution is -2.43. The summed E-state index contributed by atoms with van der Waals surface area (Å²) in [7, 11) is 0. The molecule has 8 atom stereocenters. The number of carbonyl (C=O) groups is 3. The van der Waals surface area contributed by atoms with E-state index in [2.05, 4.69) is 0 Å². The predicted octanol–water partition coefficient (Wildman–Crippen LogP) is 3.27. The van der Waals surface area contributed by atoms with Crippen LogP contribution in [0.4, 0.5) is 0 Å². The highest BCUT2D eigenvalue weighted by Gasteiger charge is 2.56. The topological polar surface area (TPSA) is 145 Å². The van der Waals surface area contributed by atoms with E-state index in [1.54, 1.807) is 105 Å². The van der Waals surface area contributed by atoms with Crippen LogP contribution >= 0.6 is 0 Å². The first kappa shape index (κ1) is 31.8. The zero-order chi connectivity index (χ0) is 32.3. The molecule has 0 saturated carbocycles. The number of carbonyl (C=O) groups excluding carboxylic acids is 3. The van der Waals surface area contributed by atoms with Gasteiger partial charge in [0.15, 0.2) is 30.6 Å². The zero-order valence-corrected chi connectivity index (χ0v) is 25.1. The molecule has 3 aliphatic heterocycles. The van der Waals surface area contributed by atoms with Crippen molar-refractivity contribution in [1.82, 2.24) is 0 Å². The van der Waals surface area contributed by atoms with Crippen LogP contribution in [0.3, 0.4) is 0 Å². The second-order valence-corrected chi connectivity index (χ2v) is 11.4. The maximum Gasteiger partial charge on any atom is 0.338 e. The molecule has 3 aromatic carbocycles. The largest absolute Gasteiger partial charge is 0.459 e. The summed E-state index contributed by atoms with van der Waals surface area (Å²) in [4.78, 5) is 39.3. The number of hydrogen-bond acceptors (Lipinski definition) is 12. The lowest BCUT2D eigenvalue weighted by Gasteiger charge is -2.26. The predicted molar refractivity (Wildman–Crippen MR) is 157 cm³/mol. The Morgan fingerprint density at radius 2 is 1.20 bits per heavy atom. The lowest BCUT2D eigenvalue weighted by atomic mass is 10.1. The van der Waals surface area contributed by atoms with E-state index in [1.807, 2.05) is 0 Å². The Labute approximate surface area is 265 Å². The summed E-state index contributed by atoms with van der Waals surface area (Å²) >= 11 is 0. The fraction of sp³-hybridized carbons (Fsp3) is 0.382. The molecule has 0 spiro atoms. The van der Waals surface area contributed by atoms with Crippen LogP contribution in [0.25, 0.3) is 0 Å². The smallest absolute Gasteiger partial charge is 0.338 e. The fourth-order valence-corrected chi connectivity index (χ4v) is 5.46. The third-order valence-corrected chi connectivity index (χ3v) is 7.70. The van der Waals surface area contributed by atoms with Crippen LogP contribution in [-0.2, 0) is 37.9 Å². The first-order valence-corrected chi connectivity index (χ1v) is 14.9. The molecule has 0 aromatic heterocycles. The zero-order valence-electron chi connectivity index (χ0n) is 25.1. The quantitative estimate of drug-likeness (QED) is 0.258. The molecule has 12 nitrogen and oxygen atoms in total. The maximum atomic E-state index is 13.3. The number of ether oxygens (including phenoxy) is 8. The molecule has 0 amide bonds. The van der Waals surface area contributed by atoms with E-state index in [9.17, 15) is 19.5 Å². The Balaban J connectivity index is 1.23. The van der Waals surface area contributed by atoms with Gasteiger partial charge in [0.05, 0.1) is 23.3 Å². The molecule has 6 rings (SSSR count). The van der Waals surface area contributed by atoms with E-state index in [0.717, 1.165) is 0 Å². The summed E-state index contributed by atoms with van der Waals surface area (Å²) < 4.78 is 46.7. The van der Waals surface area contributed by atoms with Crippen molar-refractivity contribution in [2.45, 2.75) is 68.8 Å². The van der Waals surface area contributed by atoms with Gasteiger partial charge in [-0.05, 0) is 50.2 Å². The molecule has 0 bridgehead atoms. The van der Waals surface area contributed by atoms with Crippen molar-refractivity contribution in [2.24, 2.45) is 0 Å². The van der Waals surface area contributed by atoms with Gasteiger partial charge in [0.2, 0.25) is 0 Å². The third kappa shape index (κ3) is 7.12. The first-order valence-electron chi connectivity index (χ1n) is 14.9. The molecular weight excluding hydrogens is 600 g/mol. The molecule has 0 unspecified atom stereocenters. The molecule has 242 valence electrons. The molecule has 3 aromatic rings. The molecule has 0 radical (unpaired) electrons. The Kier molecular flexibility index (Phi) is 9.45. The molecule has 0 aliphatic carbocycles. The highest BCUT2D eigenvalue weighted by Crippen LogP contribution is 2.38. The van der Waals surface area contributed by atoms with Crippen molar-refractivity contribution < 1.29 is 57.4 Å². The van der Waals surface area contributed by atoms with E-state index < -0.39 is 72.9 Å². The van der Waals surface area contributed by atoms with Gasteiger partial charge in [0, 0.05) is 0 Å². The summed E-state index contributed by atoms with van der Waals surface area (Å²) in [5.74, 6) is -2.99. The van der Waals surface area contributed by atoms with Gasteiger partial charge in [-0.3, -0.25) is 0 Å². The molecule has 46 heavy (non-hydrogen) atoms. The minimum atomic E-state index is -1.31. The number of rotatable bonds is 10. The number of benzene rings is 3. The highest BCUT2D eigenvalue weighted by atomic mass is 16.8. The summed E-state index contributed by atoms with van der Waals surface area (Å²) in [6.45, 7) is 2.85. The second kappa shape index (κ2) is 13.7. The third-order valence-electron chi connectivity index (χ3n) is 7.70. The SMILES string of the molecule is CC1(C)O[C@H]2O[C@H](CO[C@@H]3O[C@@H](COC(=O)c4ccccc4)[C@H](OC(=O)c4ccccc4)[C@H]3OC(=O)c3ccccc3)[C@H](O)[C@H]2O1. The van der Waals surface area contributed by atoms with Gasteiger partial charge < -0.3 is 43.0 Å². The summed E-state index contributed by atoms with van der Waals surface area (Å²) in [6, 6.07) is 24.8. The van der Waals surface area contributed by atoms with Crippen LogP contribution in [0, 0.1) is 0 Å². The van der Waals surface area contributed by atoms with Crippen LogP contribution in [0.2, 0.25) is 0 Å². The average Bonchev–Trinajstić information content (AvgIpc) is 3.66. The van der Waals surface area contributed by atoms with Crippen LogP contribution in [0.15, 0.2) is 91.0 Å². The summed E-state index contributed by atoms with van der Waals surface area (Å²) in [6.07, 6.45) is -8.46. The standard InChI is InChI=1S/C34H34O12/c1-34(2)45-27-25(35)23(41-33(27)46-34)18-40-32-28(44-31(38)22-16-10-5-11-17-22)26(43-30(37)21-14-8-4-9-15-21)24(42-32)19-39-29(36)20-12-6-3-7-13-20/h3-17,23-28,32-33,35H,18-19H2,1-2H3/t23-,24+,25+,26+,27-,28-,32-,33-/m1/s1. The number of aliphatic hydroxyl groups is 1. The first-order chi connectivity index (χ1) is 22.2. The number of esters is 3. The normalized spacial score (nSPS) is 29.5. The van der Waals surface area contributed by atoms with Gasteiger partial charge >= 0.3 is 17.9 Å². The van der Waals surface area contributed by atoms with E-state index in [1.165, 1.54) is 0 Å². The fourth-order valence-electron chi connectivity index (χ4n) is 5.46. The monoisotopic (exact) mass is 634 g/mol. The summed E-state index contributed by atoms with van der Waals surface area (Å²) in [5, 5.41) is 10.9. The lowest BCUT2D eigenvalue weighted by molar-refractivity contribution is -0.234. The molecule has 3 heterocycles. The molecule has 3 aliphatic rings.